The van der Waals surface area contributed by atoms with Crippen molar-refractivity contribution in [3.63, 3.8) is 0 Å². The summed E-state index contributed by atoms with van der Waals surface area (Å²) in [5.41, 5.74) is 0.694. The summed E-state index contributed by atoms with van der Waals surface area (Å²) in [6.45, 7) is 1.87. The highest BCUT2D eigenvalue weighted by Crippen LogP contribution is 2.15. The van der Waals surface area contributed by atoms with Crippen LogP contribution in [0.3, 0.4) is 0 Å². The Hall–Kier alpha value is -2.43. The lowest BCUT2D eigenvalue weighted by Crippen LogP contribution is -2.18. The summed E-state index contributed by atoms with van der Waals surface area (Å²) in [6.07, 6.45) is 1.60. The second-order valence-corrected chi connectivity index (χ2v) is 4.10. The van der Waals surface area contributed by atoms with Gasteiger partial charge < -0.3 is 0 Å². The Kier molecular flexibility index (Phi) is 2.26. The molecular weight excluding hydrogens is 233 g/mol. The van der Waals surface area contributed by atoms with Crippen LogP contribution in [-0.4, -0.2) is 14.8 Å². The van der Waals surface area contributed by atoms with Crippen LogP contribution in [0.2, 0.25) is 0 Å². The van der Waals surface area contributed by atoms with Crippen LogP contribution >= 0.6 is 0 Å². The molecule has 0 fully saturated rings. The van der Waals surface area contributed by atoms with Gasteiger partial charge in [-0.15, -0.1) is 0 Å². The fourth-order valence-corrected chi connectivity index (χ4v) is 2.06. The molecule has 0 aliphatic heterocycles. The SMILES string of the molecule is Cc1cccc2ccn(-c3cc(F)[nH]n3)c(=O)c12. The first-order valence-corrected chi connectivity index (χ1v) is 5.49. The highest BCUT2D eigenvalue weighted by molar-refractivity contribution is 5.84. The Morgan fingerprint density at radius 2 is 2.17 bits per heavy atom. The number of hydrogen-bond acceptors (Lipinski definition) is 2. The average Bonchev–Trinajstić information content (AvgIpc) is 2.76. The van der Waals surface area contributed by atoms with Crippen LogP contribution in [0.4, 0.5) is 4.39 Å². The van der Waals surface area contributed by atoms with E-state index in [1.165, 1.54) is 10.6 Å². The molecule has 3 aromatic rings. The molecular formula is C13H10FN3O. The first-order chi connectivity index (χ1) is 8.66. The maximum absolute atomic E-state index is 12.9. The summed E-state index contributed by atoms with van der Waals surface area (Å²) in [6, 6.07) is 8.65. The molecule has 0 spiro atoms. The summed E-state index contributed by atoms with van der Waals surface area (Å²) < 4.78 is 14.2. The van der Waals surface area contributed by atoms with Crippen molar-refractivity contribution in [1.82, 2.24) is 14.8 Å². The first kappa shape index (κ1) is 10.7. The quantitative estimate of drug-likeness (QED) is 0.712. The number of H-pyrrole nitrogens is 1. The number of aromatic amines is 1. The third-order valence-electron chi connectivity index (χ3n) is 2.92. The number of rotatable bonds is 1. The van der Waals surface area contributed by atoms with Crippen molar-refractivity contribution in [1.29, 1.82) is 0 Å². The van der Waals surface area contributed by atoms with Gasteiger partial charge in [0.1, 0.15) is 0 Å². The van der Waals surface area contributed by atoms with Crippen LogP contribution in [0.5, 0.6) is 0 Å². The van der Waals surface area contributed by atoms with Crippen molar-refractivity contribution in [2.24, 2.45) is 0 Å². The van der Waals surface area contributed by atoms with Gasteiger partial charge in [0.15, 0.2) is 5.82 Å². The Balaban J connectivity index is 2.36. The minimum absolute atomic E-state index is 0.197. The topological polar surface area (TPSA) is 50.7 Å². The molecule has 0 bridgehead atoms. The standard InChI is InChI=1S/C13H10FN3O/c1-8-3-2-4-9-5-6-17(13(18)12(8)9)11-7-10(14)15-16-11/h2-7H,1H3,(H,15,16). The maximum atomic E-state index is 12.9. The van der Waals surface area contributed by atoms with Crippen molar-refractivity contribution in [3.05, 3.63) is 58.4 Å². The molecule has 3 rings (SSSR count). The molecule has 5 heteroatoms. The van der Waals surface area contributed by atoms with Crippen LogP contribution in [0, 0.1) is 12.9 Å². The Morgan fingerprint density at radius 3 is 2.89 bits per heavy atom. The van der Waals surface area contributed by atoms with Crippen LogP contribution in [0.25, 0.3) is 16.6 Å². The van der Waals surface area contributed by atoms with Crippen molar-refractivity contribution in [3.8, 4) is 5.82 Å². The van der Waals surface area contributed by atoms with Gasteiger partial charge in [-0.05, 0) is 23.9 Å². The van der Waals surface area contributed by atoms with E-state index < -0.39 is 5.95 Å². The number of pyridine rings is 1. The number of hydrogen-bond donors (Lipinski definition) is 1. The number of aryl methyl sites for hydroxylation is 1. The van der Waals surface area contributed by atoms with E-state index in [0.717, 1.165) is 10.9 Å². The molecule has 1 aromatic carbocycles. The van der Waals surface area contributed by atoms with Gasteiger partial charge in [0.2, 0.25) is 5.95 Å². The van der Waals surface area contributed by atoms with Crippen molar-refractivity contribution in [2.45, 2.75) is 6.92 Å². The van der Waals surface area contributed by atoms with E-state index in [-0.39, 0.29) is 11.4 Å². The summed E-state index contributed by atoms with van der Waals surface area (Å²) >= 11 is 0. The largest absolute Gasteiger partial charge is 0.268 e. The lowest BCUT2D eigenvalue weighted by Gasteiger charge is -2.05. The molecule has 0 saturated heterocycles. The molecule has 90 valence electrons. The molecule has 0 amide bonds. The van der Waals surface area contributed by atoms with E-state index in [1.54, 1.807) is 6.20 Å². The fraction of sp³-hybridized carbons (Fsp3) is 0.0769. The van der Waals surface area contributed by atoms with Gasteiger partial charge in [-0.1, -0.05) is 18.2 Å². The third kappa shape index (κ3) is 1.52. The van der Waals surface area contributed by atoms with Crippen LogP contribution in [0.1, 0.15) is 5.56 Å². The Bertz CT molecular complexity index is 788. The highest BCUT2D eigenvalue weighted by atomic mass is 19.1. The molecule has 1 N–H and O–H groups in total. The second-order valence-electron chi connectivity index (χ2n) is 4.10. The molecule has 2 aromatic heterocycles. The molecule has 0 atom stereocenters. The molecule has 0 saturated carbocycles. The minimum atomic E-state index is -0.568. The summed E-state index contributed by atoms with van der Waals surface area (Å²) in [5, 5.41) is 7.42. The Labute approximate surface area is 102 Å². The summed E-state index contributed by atoms with van der Waals surface area (Å²) in [7, 11) is 0. The minimum Gasteiger partial charge on any atom is -0.268 e. The van der Waals surface area contributed by atoms with Gasteiger partial charge in [-0.3, -0.25) is 14.5 Å². The van der Waals surface area contributed by atoms with Gasteiger partial charge in [0, 0.05) is 12.3 Å². The van der Waals surface area contributed by atoms with Gasteiger partial charge in [0.05, 0.1) is 5.39 Å². The van der Waals surface area contributed by atoms with Crippen molar-refractivity contribution in [2.75, 3.05) is 0 Å². The summed E-state index contributed by atoms with van der Waals surface area (Å²) in [5.74, 6) is -0.315. The molecule has 0 aliphatic carbocycles. The number of halogens is 1. The molecule has 2 heterocycles. The van der Waals surface area contributed by atoms with E-state index in [0.29, 0.717) is 5.39 Å². The maximum Gasteiger partial charge on any atom is 0.264 e. The number of nitrogens with one attached hydrogen (secondary N) is 1. The summed E-state index contributed by atoms with van der Waals surface area (Å²) in [4.78, 5) is 12.3. The Morgan fingerprint density at radius 1 is 1.33 bits per heavy atom. The zero-order valence-electron chi connectivity index (χ0n) is 9.64. The highest BCUT2D eigenvalue weighted by Gasteiger charge is 2.09. The van der Waals surface area contributed by atoms with Crippen LogP contribution < -0.4 is 5.56 Å². The predicted molar refractivity (Wildman–Crippen MR) is 66.4 cm³/mol. The van der Waals surface area contributed by atoms with Crippen molar-refractivity contribution < 1.29 is 4.39 Å². The predicted octanol–water partition coefficient (Wildman–Crippen LogP) is 2.16. The molecule has 0 unspecified atom stereocenters. The lowest BCUT2D eigenvalue weighted by molar-refractivity contribution is 0.579. The van der Waals surface area contributed by atoms with E-state index in [9.17, 15) is 9.18 Å². The fourth-order valence-electron chi connectivity index (χ4n) is 2.06. The van der Waals surface area contributed by atoms with Gasteiger partial charge in [0.25, 0.3) is 5.56 Å². The van der Waals surface area contributed by atoms with Crippen LogP contribution in [0.15, 0.2) is 41.3 Å². The first-order valence-electron chi connectivity index (χ1n) is 5.49. The van der Waals surface area contributed by atoms with Gasteiger partial charge >= 0.3 is 0 Å². The van der Waals surface area contributed by atoms with Gasteiger partial charge in [-0.25, -0.2) is 0 Å². The van der Waals surface area contributed by atoms with Crippen LogP contribution in [-0.2, 0) is 0 Å². The smallest absolute Gasteiger partial charge is 0.264 e. The molecule has 0 aliphatic rings. The number of benzene rings is 1. The number of nitrogens with zero attached hydrogens (tertiary/aromatic N) is 2. The monoisotopic (exact) mass is 243 g/mol. The average molecular weight is 243 g/mol. The van der Waals surface area contributed by atoms with E-state index in [4.69, 9.17) is 0 Å². The number of aromatic nitrogens is 3. The molecule has 18 heavy (non-hydrogen) atoms. The van der Waals surface area contributed by atoms with Crippen molar-refractivity contribution >= 4 is 10.8 Å². The van der Waals surface area contributed by atoms with Gasteiger partial charge in [-0.2, -0.15) is 9.49 Å². The second kappa shape index (κ2) is 3.80. The molecule has 4 nitrogen and oxygen atoms in total. The normalized spacial score (nSPS) is 11.0. The van der Waals surface area contributed by atoms with E-state index >= 15 is 0 Å². The zero-order valence-corrected chi connectivity index (χ0v) is 9.64. The molecule has 0 radical (unpaired) electrons. The van der Waals surface area contributed by atoms with E-state index in [2.05, 4.69) is 10.2 Å². The lowest BCUT2D eigenvalue weighted by atomic mass is 10.1. The van der Waals surface area contributed by atoms with E-state index in [1.807, 2.05) is 31.2 Å². The third-order valence-corrected chi connectivity index (χ3v) is 2.92. The number of fused-ring (bicyclic) bond motifs is 1. The zero-order chi connectivity index (χ0) is 12.7.